The van der Waals surface area contributed by atoms with Crippen LogP contribution in [0.3, 0.4) is 0 Å². The van der Waals surface area contributed by atoms with E-state index < -0.39 is 0 Å². The van der Waals surface area contributed by atoms with E-state index >= 15 is 0 Å². The van der Waals surface area contributed by atoms with Gasteiger partial charge in [-0.15, -0.1) is 0 Å². The second-order valence-electron chi connectivity index (χ2n) is 5.93. The Hall–Kier alpha value is -2.55. The van der Waals surface area contributed by atoms with Gasteiger partial charge in [-0.2, -0.15) is 0 Å². The molecule has 0 aromatic carbocycles. The Bertz CT molecular complexity index is 895. The highest BCUT2D eigenvalue weighted by atomic mass is 79.9. The number of aromatic amines is 1. The predicted molar refractivity (Wildman–Crippen MR) is 97.2 cm³/mol. The molecule has 1 saturated heterocycles. The van der Waals surface area contributed by atoms with Crippen LogP contribution in [0.15, 0.2) is 35.5 Å². The zero-order valence-electron chi connectivity index (χ0n) is 13.3. The lowest BCUT2D eigenvalue weighted by molar-refractivity contribution is -0.120. The molecule has 1 atom stereocenters. The number of anilines is 2. The van der Waals surface area contributed by atoms with Crippen molar-refractivity contribution in [2.75, 3.05) is 23.3 Å². The summed E-state index contributed by atoms with van der Waals surface area (Å²) in [4.78, 5) is 34.7. The molecule has 4 rings (SSSR count). The third-order valence-electron chi connectivity index (χ3n) is 4.27. The molecular weight excluding hydrogens is 386 g/mol. The monoisotopic (exact) mass is 401 g/mol. The molecular formula is C16H16BrN7O. The number of hydrogen-bond acceptors (Lipinski definition) is 6. The molecule has 25 heavy (non-hydrogen) atoms. The number of pyridine rings is 1. The van der Waals surface area contributed by atoms with E-state index in [9.17, 15) is 4.79 Å². The lowest BCUT2D eigenvalue weighted by Crippen LogP contribution is -2.41. The van der Waals surface area contributed by atoms with Crippen molar-refractivity contribution < 1.29 is 4.79 Å². The van der Waals surface area contributed by atoms with Gasteiger partial charge in [0, 0.05) is 23.8 Å². The fourth-order valence-electron chi connectivity index (χ4n) is 3.05. The molecule has 1 aliphatic rings. The van der Waals surface area contributed by atoms with Crippen LogP contribution in [0.1, 0.15) is 12.8 Å². The van der Waals surface area contributed by atoms with Crippen molar-refractivity contribution in [2.45, 2.75) is 12.8 Å². The average Bonchev–Trinajstić information content (AvgIpc) is 3.12. The van der Waals surface area contributed by atoms with E-state index in [2.05, 4.69) is 51.1 Å². The van der Waals surface area contributed by atoms with Crippen molar-refractivity contribution in [1.82, 2.24) is 24.9 Å². The molecule has 3 aromatic rings. The summed E-state index contributed by atoms with van der Waals surface area (Å²) in [7, 11) is 0. The summed E-state index contributed by atoms with van der Waals surface area (Å²) in [6, 6.07) is 3.63. The lowest BCUT2D eigenvalue weighted by Gasteiger charge is -2.32. The number of piperidine rings is 1. The van der Waals surface area contributed by atoms with Gasteiger partial charge in [-0.05, 0) is 40.9 Å². The molecule has 1 aliphatic heterocycles. The number of nitrogens with one attached hydrogen (secondary N) is 2. The first-order valence-electron chi connectivity index (χ1n) is 8.02. The van der Waals surface area contributed by atoms with Crippen LogP contribution < -0.4 is 10.2 Å². The molecule has 3 aromatic heterocycles. The average molecular weight is 402 g/mol. The van der Waals surface area contributed by atoms with Crippen LogP contribution in [0.25, 0.3) is 11.2 Å². The summed E-state index contributed by atoms with van der Waals surface area (Å²) >= 11 is 3.34. The van der Waals surface area contributed by atoms with E-state index in [-0.39, 0.29) is 11.8 Å². The molecule has 0 saturated carbocycles. The Balaban J connectivity index is 1.50. The third-order valence-corrected chi connectivity index (χ3v) is 4.74. The van der Waals surface area contributed by atoms with Gasteiger partial charge in [0.2, 0.25) is 5.91 Å². The van der Waals surface area contributed by atoms with Crippen molar-refractivity contribution in [3.05, 3.63) is 35.5 Å². The smallest absolute Gasteiger partial charge is 0.230 e. The van der Waals surface area contributed by atoms with Crippen molar-refractivity contribution in [3.63, 3.8) is 0 Å². The number of H-pyrrole nitrogens is 1. The largest absolute Gasteiger partial charge is 0.354 e. The summed E-state index contributed by atoms with van der Waals surface area (Å²) in [5.74, 6) is 1.21. The molecule has 0 spiro atoms. The number of halogens is 1. The number of carbonyl (C=O) groups is 1. The highest BCUT2D eigenvalue weighted by Gasteiger charge is 2.28. The van der Waals surface area contributed by atoms with E-state index in [4.69, 9.17) is 0 Å². The maximum atomic E-state index is 12.6. The van der Waals surface area contributed by atoms with Crippen molar-refractivity contribution >= 4 is 44.6 Å². The van der Waals surface area contributed by atoms with Crippen LogP contribution in [-0.4, -0.2) is 43.9 Å². The van der Waals surface area contributed by atoms with Gasteiger partial charge in [0.15, 0.2) is 11.5 Å². The second-order valence-corrected chi connectivity index (χ2v) is 6.85. The standard InChI is InChI=1S/C16H16BrN7O/c17-11-3-4-12(18-6-11)23-16(25)10-2-1-5-24(7-10)15-13-14(20-8-19-13)21-9-22-15/h3-4,6,8-10H,1-2,5,7H2,(H,18,23,25)(H,19,20,21,22). The van der Waals surface area contributed by atoms with Gasteiger partial charge < -0.3 is 15.2 Å². The first-order chi connectivity index (χ1) is 12.2. The van der Waals surface area contributed by atoms with Crippen LogP contribution in [0.5, 0.6) is 0 Å². The van der Waals surface area contributed by atoms with E-state index in [1.54, 1.807) is 18.6 Å². The molecule has 8 nitrogen and oxygen atoms in total. The Morgan fingerprint density at radius 3 is 3.04 bits per heavy atom. The summed E-state index contributed by atoms with van der Waals surface area (Å²) in [5.41, 5.74) is 1.44. The molecule has 2 N–H and O–H groups in total. The maximum absolute atomic E-state index is 12.6. The quantitative estimate of drug-likeness (QED) is 0.698. The number of rotatable bonds is 3. The molecule has 0 radical (unpaired) electrons. The van der Waals surface area contributed by atoms with Crippen molar-refractivity contribution in [1.29, 1.82) is 0 Å². The fourth-order valence-corrected chi connectivity index (χ4v) is 3.29. The van der Waals surface area contributed by atoms with Crippen LogP contribution in [0.2, 0.25) is 0 Å². The molecule has 9 heteroatoms. The van der Waals surface area contributed by atoms with Gasteiger partial charge in [-0.1, -0.05) is 0 Å². The Morgan fingerprint density at radius 2 is 2.20 bits per heavy atom. The highest BCUT2D eigenvalue weighted by Crippen LogP contribution is 2.26. The fraction of sp³-hybridized carbons (Fsp3) is 0.312. The number of aromatic nitrogens is 5. The minimum absolute atomic E-state index is 0.0190. The zero-order valence-corrected chi connectivity index (χ0v) is 14.9. The zero-order chi connectivity index (χ0) is 17.2. The molecule has 4 heterocycles. The molecule has 0 aliphatic carbocycles. The summed E-state index contributed by atoms with van der Waals surface area (Å²) in [5, 5.41) is 2.89. The summed E-state index contributed by atoms with van der Waals surface area (Å²) < 4.78 is 0.877. The summed E-state index contributed by atoms with van der Waals surface area (Å²) in [6.45, 7) is 1.46. The van der Waals surface area contributed by atoms with Gasteiger partial charge in [-0.3, -0.25) is 4.79 Å². The van der Waals surface area contributed by atoms with E-state index in [1.165, 1.54) is 6.33 Å². The van der Waals surface area contributed by atoms with Crippen LogP contribution in [0, 0.1) is 5.92 Å². The first-order valence-corrected chi connectivity index (χ1v) is 8.81. The number of hydrogen-bond donors (Lipinski definition) is 2. The van der Waals surface area contributed by atoms with Crippen molar-refractivity contribution in [3.8, 4) is 0 Å². The van der Waals surface area contributed by atoms with Crippen LogP contribution in [-0.2, 0) is 4.79 Å². The SMILES string of the molecule is O=C(Nc1ccc(Br)cn1)C1CCCN(c2ncnc3nc[nH]c23)C1. The van der Waals surface area contributed by atoms with Gasteiger partial charge in [0.1, 0.15) is 17.7 Å². The Labute approximate surface area is 152 Å². The van der Waals surface area contributed by atoms with E-state index in [1.807, 2.05) is 6.07 Å². The van der Waals surface area contributed by atoms with Gasteiger partial charge in [0.05, 0.1) is 12.2 Å². The van der Waals surface area contributed by atoms with E-state index in [0.717, 1.165) is 35.2 Å². The molecule has 128 valence electrons. The number of carbonyl (C=O) groups excluding carboxylic acids is 1. The van der Waals surface area contributed by atoms with Crippen molar-refractivity contribution in [2.24, 2.45) is 5.92 Å². The number of nitrogens with zero attached hydrogens (tertiary/aromatic N) is 5. The van der Waals surface area contributed by atoms with Gasteiger partial charge >= 0.3 is 0 Å². The maximum Gasteiger partial charge on any atom is 0.230 e. The Kier molecular flexibility index (Phi) is 4.31. The number of amides is 1. The van der Waals surface area contributed by atoms with Gasteiger partial charge in [0.25, 0.3) is 0 Å². The topological polar surface area (TPSA) is 99.7 Å². The number of fused-ring (bicyclic) bond motifs is 1. The predicted octanol–water partition coefficient (Wildman–Crippen LogP) is 2.37. The minimum atomic E-state index is -0.118. The summed E-state index contributed by atoms with van der Waals surface area (Å²) in [6.07, 6.45) is 6.55. The first kappa shape index (κ1) is 15.9. The highest BCUT2D eigenvalue weighted by molar-refractivity contribution is 9.10. The molecule has 1 amide bonds. The third kappa shape index (κ3) is 3.32. The lowest BCUT2D eigenvalue weighted by atomic mass is 9.97. The normalized spacial score (nSPS) is 17.6. The molecule has 1 fully saturated rings. The second kappa shape index (κ2) is 6.75. The Morgan fingerprint density at radius 1 is 1.28 bits per heavy atom. The van der Waals surface area contributed by atoms with Gasteiger partial charge in [-0.25, -0.2) is 19.9 Å². The van der Waals surface area contributed by atoms with Crippen LogP contribution >= 0.6 is 15.9 Å². The van der Waals surface area contributed by atoms with E-state index in [0.29, 0.717) is 18.0 Å². The molecule has 1 unspecified atom stereocenters. The molecule has 0 bridgehead atoms. The van der Waals surface area contributed by atoms with Crippen LogP contribution in [0.4, 0.5) is 11.6 Å². The number of imidazole rings is 1. The minimum Gasteiger partial charge on any atom is -0.354 e.